The Morgan fingerprint density at radius 1 is 0.451 bits per heavy atom. The number of carbonyl (C=O) groups is 9. The first kappa shape index (κ1) is 46.1. The molecule has 0 aromatic rings. The molecule has 0 spiro atoms. The van der Waals surface area contributed by atoms with E-state index in [1.165, 1.54) is 0 Å². The highest BCUT2D eigenvalue weighted by molar-refractivity contribution is 5.81. The minimum absolute atomic E-state index is 0.759. The maximum Gasteiger partial charge on any atom is 0.351 e. The van der Waals surface area contributed by atoms with Crippen molar-refractivity contribution in [2.24, 2.45) is 5.73 Å². The first-order chi connectivity index (χ1) is 23.6. The molecule has 5 N–H and O–H groups in total. The van der Waals surface area contributed by atoms with Gasteiger partial charge in [-0.3, -0.25) is 33.6 Å². The number of aliphatic hydroxyl groups is 3. The average Bonchev–Trinajstić information content (AvgIpc) is 3.01. The number of aliphatic hydroxyl groups excluding tert-OH is 3. The molecule has 9 atom stereocenters. The van der Waals surface area contributed by atoms with E-state index < -0.39 is 135 Å². The standard InChI is InChI=1S/C29H43NO21/c1-12(31)43-10-20(38)24(48-15(4)34)26(50-17(6)36)27(51-18(7)37)29(42)46-9-19(30)8-45-28(41)25(49-16(5)35)23(40)22(39)21(47-14(3)33)11-44-13(2)32/h19-27,38-40H,8-11,30H2,1-7H3/t19?,20-,21-,22-,23+,24-,25-,26+,27-/m1/s1. The molecule has 0 amide bonds. The van der Waals surface area contributed by atoms with Crippen LogP contribution in [0.4, 0.5) is 0 Å². The molecule has 22 heteroatoms. The number of hydrogen-bond acceptors (Lipinski definition) is 22. The van der Waals surface area contributed by atoms with Crippen LogP contribution in [-0.2, 0) is 85.8 Å². The molecule has 0 aliphatic carbocycles. The number of nitrogens with two attached hydrogens (primary N) is 1. The predicted molar refractivity (Wildman–Crippen MR) is 159 cm³/mol. The van der Waals surface area contributed by atoms with Gasteiger partial charge in [0.25, 0.3) is 0 Å². The van der Waals surface area contributed by atoms with E-state index in [4.69, 9.17) is 38.9 Å². The highest BCUT2D eigenvalue weighted by atomic mass is 16.6. The van der Waals surface area contributed by atoms with E-state index in [2.05, 4.69) is 9.47 Å². The van der Waals surface area contributed by atoms with Gasteiger partial charge in [-0.05, 0) is 0 Å². The third kappa shape index (κ3) is 18.6. The molecular formula is C29H43NO21. The maximum absolute atomic E-state index is 13.1. The fraction of sp³-hybridized carbons (Fsp3) is 0.690. The highest BCUT2D eigenvalue weighted by Gasteiger charge is 2.46. The molecule has 0 aliphatic rings. The second-order valence-electron chi connectivity index (χ2n) is 10.5. The summed E-state index contributed by atoms with van der Waals surface area (Å²) in [6.45, 7) is 3.15. The predicted octanol–water partition coefficient (Wildman–Crippen LogP) is -3.73. The van der Waals surface area contributed by atoms with Gasteiger partial charge in [-0.15, -0.1) is 0 Å². The molecule has 0 aliphatic heterocycles. The average molecular weight is 742 g/mol. The molecule has 0 aromatic carbocycles. The molecule has 0 rings (SSSR count). The summed E-state index contributed by atoms with van der Waals surface area (Å²) in [5.41, 5.74) is 5.85. The van der Waals surface area contributed by atoms with Crippen LogP contribution in [0.5, 0.6) is 0 Å². The van der Waals surface area contributed by atoms with Gasteiger partial charge in [-0.1, -0.05) is 0 Å². The summed E-state index contributed by atoms with van der Waals surface area (Å²) in [5, 5.41) is 31.7. The van der Waals surface area contributed by atoms with Gasteiger partial charge < -0.3 is 63.7 Å². The quantitative estimate of drug-likeness (QED) is 0.0649. The molecule has 0 heterocycles. The van der Waals surface area contributed by atoms with Crippen LogP contribution < -0.4 is 5.73 Å². The molecule has 0 saturated heterocycles. The van der Waals surface area contributed by atoms with Crippen molar-refractivity contribution in [2.45, 2.75) is 103 Å². The van der Waals surface area contributed by atoms with Crippen LogP contribution in [0.25, 0.3) is 0 Å². The van der Waals surface area contributed by atoms with Crippen molar-refractivity contribution in [1.82, 2.24) is 0 Å². The van der Waals surface area contributed by atoms with Crippen LogP contribution in [0, 0.1) is 0 Å². The van der Waals surface area contributed by atoms with Crippen molar-refractivity contribution in [1.29, 1.82) is 0 Å². The van der Waals surface area contributed by atoms with Gasteiger partial charge in [0.2, 0.25) is 12.2 Å². The van der Waals surface area contributed by atoms with Crippen LogP contribution in [0.3, 0.4) is 0 Å². The zero-order chi connectivity index (χ0) is 39.6. The summed E-state index contributed by atoms with van der Waals surface area (Å²) < 4.78 is 43.9. The molecule has 1 unspecified atom stereocenters. The fourth-order valence-corrected chi connectivity index (χ4v) is 3.82. The summed E-state index contributed by atoms with van der Waals surface area (Å²) in [4.78, 5) is 107. The third-order valence-corrected chi connectivity index (χ3v) is 5.80. The summed E-state index contributed by atoms with van der Waals surface area (Å²) in [6.07, 6.45) is -16.7. The molecule has 0 saturated carbocycles. The molecule has 0 radical (unpaired) electrons. The van der Waals surface area contributed by atoms with Gasteiger partial charge in [0, 0.05) is 48.5 Å². The topological polar surface area (TPSA) is 323 Å². The van der Waals surface area contributed by atoms with Crippen molar-refractivity contribution < 1.29 is 101 Å². The molecule has 22 nitrogen and oxygen atoms in total. The Kier molecular flexibility index (Phi) is 20.5. The van der Waals surface area contributed by atoms with Crippen molar-refractivity contribution >= 4 is 53.7 Å². The van der Waals surface area contributed by atoms with E-state index in [9.17, 15) is 58.5 Å². The van der Waals surface area contributed by atoms with Gasteiger partial charge >= 0.3 is 53.7 Å². The molecule has 290 valence electrons. The largest absolute Gasteiger partial charge is 0.463 e. The van der Waals surface area contributed by atoms with E-state index in [0.717, 1.165) is 48.5 Å². The van der Waals surface area contributed by atoms with E-state index in [0.29, 0.717) is 0 Å². The number of hydrogen-bond donors (Lipinski definition) is 4. The SMILES string of the molecule is CC(=O)OC[C@@H](O)[C@@H](OC(C)=O)[C@H](OC(C)=O)[C@@H](OC(C)=O)C(=O)OCC(N)COC(=O)[C@H](OC(C)=O)[C@@H](O)[C@H](O)[C@@H](COC(C)=O)OC(C)=O. The van der Waals surface area contributed by atoms with Gasteiger partial charge in [0.05, 0.1) is 6.04 Å². The Balaban J connectivity index is 5.95. The summed E-state index contributed by atoms with van der Waals surface area (Å²) >= 11 is 0. The maximum atomic E-state index is 13.1. The number of carbonyl (C=O) groups excluding carboxylic acids is 9. The zero-order valence-corrected chi connectivity index (χ0v) is 28.8. The second kappa shape index (κ2) is 22.7. The highest BCUT2D eigenvalue weighted by Crippen LogP contribution is 2.20. The Labute approximate surface area is 290 Å². The van der Waals surface area contributed by atoms with E-state index in [-0.39, 0.29) is 0 Å². The van der Waals surface area contributed by atoms with Crippen molar-refractivity contribution in [3.05, 3.63) is 0 Å². The van der Waals surface area contributed by atoms with Crippen LogP contribution in [-0.4, -0.2) is 150 Å². The lowest BCUT2D eigenvalue weighted by atomic mass is 10.0. The van der Waals surface area contributed by atoms with Gasteiger partial charge in [0.1, 0.15) is 44.7 Å². The van der Waals surface area contributed by atoms with E-state index >= 15 is 0 Å². The minimum atomic E-state index is -2.32. The minimum Gasteiger partial charge on any atom is -0.463 e. The van der Waals surface area contributed by atoms with Crippen molar-refractivity contribution in [2.75, 3.05) is 26.4 Å². The fourth-order valence-electron chi connectivity index (χ4n) is 3.82. The summed E-state index contributed by atoms with van der Waals surface area (Å²) in [6, 6.07) is -1.40. The number of ether oxygens (including phenoxy) is 9. The smallest absolute Gasteiger partial charge is 0.351 e. The zero-order valence-electron chi connectivity index (χ0n) is 28.8. The van der Waals surface area contributed by atoms with Crippen molar-refractivity contribution in [3.63, 3.8) is 0 Å². The van der Waals surface area contributed by atoms with Gasteiger partial charge in [-0.25, -0.2) is 9.59 Å². The van der Waals surface area contributed by atoms with Crippen LogP contribution in [0.15, 0.2) is 0 Å². The molecule has 51 heavy (non-hydrogen) atoms. The summed E-state index contributed by atoms with van der Waals surface area (Å²) in [5.74, 6) is -10.1. The second-order valence-corrected chi connectivity index (χ2v) is 10.5. The molecule has 0 fully saturated rings. The Morgan fingerprint density at radius 2 is 0.843 bits per heavy atom. The van der Waals surface area contributed by atoms with Crippen LogP contribution in [0.1, 0.15) is 48.5 Å². The monoisotopic (exact) mass is 741 g/mol. The summed E-state index contributed by atoms with van der Waals surface area (Å²) in [7, 11) is 0. The molecular weight excluding hydrogens is 698 g/mol. The lowest BCUT2D eigenvalue weighted by molar-refractivity contribution is -0.204. The first-order valence-electron chi connectivity index (χ1n) is 14.8. The molecule has 0 aromatic heterocycles. The Hall–Kier alpha value is -4.93. The molecule has 0 bridgehead atoms. The van der Waals surface area contributed by atoms with Crippen LogP contribution >= 0.6 is 0 Å². The van der Waals surface area contributed by atoms with Gasteiger partial charge in [-0.2, -0.15) is 0 Å². The van der Waals surface area contributed by atoms with Gasteiger partial charge in [0.15, 0.2) is 18.3 Å². The number of esters is 9. The normalized spacial score (nSPS) is 16.1. The van der Waals surface area contributed by atoms with Crippen molar-refractivity contribution in [3.8, 4) is 0 Å². The number of rotatable bonds is 21. The van der Waals surface area contributed by atoms with E-state index in [1.54, 1.807) is 0 Å². The Bertz CT molecular complexity index is 1250. The lowest BCUT2D eigenvalue weighted by Gasteiger charge is -2.33. The van der Waals surface area contributed by atoms with E-state index in [1.807, 2.05) is 0 Å². The first-order valence-corrected chi connectivity index (χ1v) is 14.8. The lowest BCUT2D eigenvalue weighted by Crippen LogP contribution is -2.55. The third-order valence-electron chi connectivity index (χ3n) is 5.80. The van der Waals surface area contributed by atoms with Crippen LogP contribution in [0.2, 0.25) is 0 Å². The Morgan fingerprint density at radius 3 is 1.27 bits per heavy atom.